The number of hydrazone groups is 1. The summed E-state index contributed by atoms with van der Waals surface area (Å²) < 4.78 is 38.0. The Hall–Kier alpha value is -2.05. The van der Waals surface area contributed by atoms with Crippen molar-refractivity contribution in [2.45, 2.75) is 0 Å². The van der Waals surface area contributed by atoms with Crippen LogP contribution in [0.15, 0.2) is 17.2 Å². The van der Waals surface area contributed by atoms with Gasteiger partial charge in [0.25, 0.3) is 0 Å². The van der Waals surface area contributed by atoms with E-state index in [-0.39, 0.29) is 5.56 Å². The maximum atomic E-state index is 12.9. The maximum absolute atomic E-state index is 12.9. The van der Waals surface area contributed by atoms with Crippen LogP contribution in [0, 0.1) is 17.5 Å². The number of hydrogen-bond acceptors (Lipinski definition) is 2. The van der Waals surface area contributed by atoms with E-state index >= 15 is 0 Å². The Morgan fingerprint density at radius 2 is 1.87 bits per heavy atom. The Kier molecular flexibility index (Phi) is 3.27. The van der Waals surface area contributed by atoms with Crippen molar-refractivity contribution in [1.29, 1.82) is 0 Å². The Morgan fingerprint density at radius 1 is 1.27 bits per heavy atom. The van der Waals surface area contributed by atoms with E-state index in [2.05, 4.69) is 10.8 Å². The summed E-state index contributed by atoms with van der Waals surface area (Å²) in [4.78, 5) is 10.2. The second kappa shape index (κ2) is 4.45. The molecular formula is C8H6F3N3O. The summed E-state index contributed by atoms with van der Waals surface area (Å²) in [7, 11) is 0. The molecule has 1 aromatic rings. The molecule has 0 bridgehead atoms. The van der Waals surface area contributed by atoms with Gasteiger partial charge in [-0.1, -0.05) is 0 Å². The van der Waals surface area contributed by atoms with Gasteiger partial charge in [0.05, 0.1) is 6.21 Å². The van der Waals surface area contributed by atoms with Gasteiger partial charge in [0, 0.05) is 11.6 Å². The molecule has 0 spiro atoms. The minimum absolute atomic E-state index is 0.303. The van der Waals surface area contributed by atoms with Gasteiger partial charge in [-0.3, -0.25) is 0 Å². The molecule has 1 rings (SSSR count). The van der Waals surface area contributed by atoms with E-state index in [1.54, 1.807) is 5.43 Å². The minimum atomic E-state index is -1.30. The number of urea groups is 1. The third kappa shape index (κ3) is 2.97. The third-order valence-electron chi connectivity index (χ3n) is 1.42. The number of amides is 2. The van der Waals surface area contributed by atoms with Gasteiger partial charge in [0.15, 0.2) is 11.6 Å². The first-order chi connectivity index (χ1) is 7.00. The number of carbonyl (C=O) groups excluding carboxylic acids is 1. The molecule has 7 heteroatoms. The lowest BCUT2D eigenvalue weighted by molar-refractivity contribution is 0.249. The second-order valence-electron chi connectivity index (χ2n) is 2.52. The molecule has 0 saturated heterocycles. The van der Waals surface area contributed by atoms with Crippen LogP contribution in [0.4, 0.5) is 18.0 Å². The van der Waals surface area contributed by atoms with Gasteiger partial charge in [0.1, 0.15) is 5.82 Å². The highest BCUT2D eigenvalue weighted by atomic mass is 19.2. The third-order valence-corrected chi connectivity index (χ3v) is 1.42. The predicted molar refractivity (Wildman–Crippen MR) is 46.6 cm³/mol. The average molecular weight is 217 g/mol. The molecule has 2 amide bonds. The van der Waals surface area contributed by atoms with Crippen LogP contribution in [-0.2, 0) is 0 Å². The van der Waals surface area contributed by atoms with Gasteiger partial charge in [0.2, 0.25) is 0 Å². The van der Waals surface area contributed by atoms with E-state index < -0.39 is 23.5 Å². The quantitative estimate of drug-likeness (QED) is 0.435. The van der Waals surface area contributed by atoms with E-state index in [0.717, 1.165) is 6.21 Å². The van der Waals surface area contributed by atoms with Crippen LogP contribution >= 0.6 is 0 Å². The van der Waals surface area contributed by atoms with Gasteiger partial charge in [-0.2, -0.15) is 5.10 Å². The monoisotopic (exact) mass is 217 g/mol. The fourth-order valence-corrected chi connectivity index (χ4v) is 0.802. The Labute approximate surface area is 82.6 Å². The fraction of sp³-hybridized carbons (Fsp3) is 0. The highest BCUT2D eigenvalue weighted by molar-refractivity contribution is 5.81. The number of carbonyl (C=O) groups is 1. The van der Waals surface area contributed by atoms with Crippen molar-refractivity contribution in [2.75, 3.05) is 0 Å². The summed E-state index contributed by atoms with van der Waals surface area (Å²) in [6, 6.07) is 0.0341. The van der Waals surface area contributed by atoms with Crippen molar-refractivity contribution < 1.29 is 18.0 Å². The van der Waals surface area contributed by atoms with Crippen molar-refractivity contribution in [3.05, 3.63) is 35.1 Å². The number of nitrogens with zero attached hydrogens (tertiary/aromatic N) is 1. The van der Waals surface area contributed by atoms with Gasteiger partial charge < -0.3 is 5.73 Å². The highest BCUT2D eigenvalue weighted by Gasteiger charge is 2.07. The second-order valence-corrected chi connectivity index (χ2v) is 2.52. The standard InChI is InChI=1S/C8H6F3N3O/c9-5-2-7(11)6(10)1-4(5)3-13-14-8(12)15/h1-3H,(H3,12,14,15)/b13-3+. The molecule has 15 heavy (non-hydrogen) atoms. The molecule has 80 valence electrons. The van der Waals surface area contributed by atoms with E-state index in [4.69, 9.17) is 0 Å². The van der Waals surface area contributed by atoms with Crippen molar-refractivity contribution in [3.8, 4) is 0 Å². The topological polar surface area (TPSA) is 67.5 Å². The molecule has 0 aliphatic carbocycles. The normalized spacial score (nSPS) is 10.6. The first-order valence-electron chi connectivity index (χ1n) is 3.73. The Morgan fingerprint density at radius 3 is 2.47 bits per heavy atom. The highest BCUT2D eigenvalue weighted by Crippen LogP contribution is 2.11. The van der Waals surface area contributed by atoms with E-state index in [1.165, 1.54) is 0 Å². The first-order valence-corrected chi connectivity index (χ1v) is 3.73. The summed E-state index contributed by atoms with van der Waals surface area (Å²) in [6.45, 7) is 0. The van der Waals surface area contributed by atoms with Crippen LogP contribution in [0.2, 0.25) is 0 Å². The van der Waals surface area contributed by atoms with E-state index in [9.17, 15) is 18.0 Å². The van der Waals surface area contributed by atoms with Crippen LogP contribution in [0.5, 0.6) is 0 Å². The fourth-order valence-electron chi connectivity index (χ4n) is 0.802. The Balaban J connectivity index is 2.90. The molecule has 0 saturated carbocycles. The molecule has 0 radical (unpaired) electrons. The lowest BCUT2D eigenvalue weighted by Gasteiger charge is -1.98. The zero-order valence-electron chi connectivity index (χ0n) is 7.30. The SMILES string of the molecule is NC(=O)N/N=C/c1cc(F)c(F)cc1F. The van der Waals surface area contributed by atoms with Crippen LogP contribution in [0.25, 0.3) is 0 Å². The molecule has 0 heterocycles. The number of rotatable bonds is 2. The number of hydrogen-bond donors (Lipinski definition) is 2. The van der Waals surface area contributed by atoms with Gasteiger partial charge in [-0.15, -0.1) is 0 Å². The molecule has 0 unspecified atom stereocenters. The number of primary amides is 1. The lowest BCUT2D eigenvalue weighted by atomic mass is 10.2. The first kappa shape index (κ1) is 11.0. The van der Waals surface area contributed by atoms with Crippen molar-refractivity contribution in [2.24, 2.45) is 10.8 Å². The Bertz CT molecular complexity index is 420. The zero-order valence-corrected chi connectivity index (χ0v) is 7.30. The summed E-state index contributed by atoms with van der Waals surface area (Å²) in [6.07, 6.45) is 0.808. The summed E-state index contributed by atoms with van der Waals surface area (Å²) >= 11 is 0. The van der Waals surface area contributed by atoms with Crippen LogP contribution in [-0.4, -0.2) is 12.2 Å². The molecule has 0 aliphatic rings. The largest absolute Gasteiger partial charge is 0.350 e. The molecule has 3 N–H and O–H groups in total. The molecular weight excluding hydrogens is 211 g/mol. The molecule has 0 fully saturated rings. The molecule has 4 nitrogen and oxygen atoms in total. The number of benzene rings is 1. The van der Waals surface area contributed by atoms with Gasteiger partial charge in [-0.25, -0.2) is 23.4 Å². The van der Waals surface area contributed by atoms with E-state index in [1.807, 2.05) is 0 Å². The van der Waals surface area contributed by atoms with Gasteiger partial charge in [-0.05, 0) is 6.07 Å². The molecule has 0 aromatic heterocycles. The molecule has 0 aliphatic heterocycles. The molecule has 1 aromatic carbocycles. The van der Waals surface area contributed by atoms with Gasteiger partial charge >= 0.3 is 6.03 Å². The summed E-state index contributed by atoms with van der Waals surface area (Å²) in [5, 5.41) is 3.19. The van der Waals surface area contributed by atoms with Crippen molar-refractivity contribution in [1.82, 2.24) is 5.43 Å². The average Bonchev–Trinajstić information content (AvgIpc) is 2.13. The summed E-state index contributed by atoms with van der Waals surface area (Å²) in [5.41, 5.74) is 6.13. The van der Waals surface area contributed by atoms with Crippen LogP contribution in [0.1, 0.15) is 5.56 Å². The van der Waals surface area contributed by atoms with E-state index in [0.29, 0.717) is 12.1 Å². The maximum Gasteiger partial charge on any atom is 0.332 e. The smallest absolute Gasteiger partial charge is 0.332 e. The minimum Gasteiger partial charge on any atom is -0.350 e. The van der Waals surface area contributed by atoms with Crippen molar-refractivity contribution in [3.63, 3.8) is 0 Å². The summed E-state index contributed by atoms with van der Waals surface area (Å²) in [5.74, 6) is -3.51. The zero-order chi connectivity index (χ0) is 11.4. The molecule has 0 atom stereocenters. The number of nitrogens with one attached hydrogen (secondary N) is 1. The van der Waals surface area contributed by atoms with Crippen LogP contribution < -0.4 is 11.2 Å². The predicted octanol–water partition coefficient (Wildman–Crippen LogP) is 1.11. The number of halogens is 3. The number of nitrogens with two attached hydrogens (primary N) is 1. The van der Waals surface area contributed by atoms with Crippen molar-refractivity contribution >= 4 is 12.2 Å². The van der Waals surface area contributed by atoms with Crippen LogP contribution in [0.3, 0.4) is 0 Å². The lowest BCUT2D eigenvalue weighted by Crippen LogP contribution is -2.24.